The first-order chi connectivity index (χ1) is 17.2. The molecule has 0 saturated carbocycles. The molecule has 186 valence electrons. The molecular formula is C24H19Cl3N4O3S2. The first-order valence-corrected chi connectivity index (χ1v) is 13.5. The van der Waals surface area contributed by atoms with Crippen LogP contribution < -0.4 is 9.62 Å². The highest BCUT2D eigenvalue weighted by atomic mass is 35.5. The van der Waals surface area contributed by atoms with Crippen LogP contribution in [0.2, 0.25) is 15.1 Å². The fourth-order valence-electron chi connectivity index (χ4n) is 3.53. The third kappa shape index (κ3) is 6.05. The Balaban J connectivity index is 1.69. The summed E-state index contributed by atoms with van der Waals surface area (Å²) < 4.78 is 32.5. The van der Waals surface area contributed by atoms with Crippen molar-refractivity contribution in [1.82, 2.24) is 14.1 Å². The topological polar surface area (TPSA) is 95.4 Å². The summed E-state index contributed by atoms with van der Waals surface area (Å²) in [6.45, 7) is 1.79. The summed E-state index contributed by atoms with van der Waals surface area (Å²) in [4.78, 5) is 13.3. The van der Waals surface area contributed by atoms with Crippen LogP contribution in [0, 0.1) is 0 Å². The van der Waals surface area contributed by atoms with Crippen LogP contribution in [0.4, 0.5) is 11.5 Å². The van der Waals surface area contributed by atoms with Crippen molar-refractivity contribution < 1.29 is 13.6 Å². The molecule has 7 nitrogen and oxygen atoms in total. The highest BCUT2D eigenvalue weighted by Gasteiger charge is 2.28. The molecular weight excluding hydrogens is 563 g/mol. The van der Waals surface area contributed by atoms with E-state index in [9.17, 15) is 13.6 Å². The Morgan fingerprint density at radius 1 is 1.06 bits per heavy atom. The van der Waals surface area contributed by atoms with E-state index in [1.54, 1.807) is 25.1 Å². The number of rotatable bonds is 8. The lowest BCUT2D eigenvalue weighted by atomic mass is 10.1. The lowest BCUT2D eigenvalue weighted by Gasteiger charge is -2.22. The Morgan fingerprint density at radius 2 is 1.81 bits per heavy atom. The number of carbonyl (C=O) groups excluding carboxylic acids is 1. The van der Waals surface area contributed by atoms with Gasteiger partial charge in [-0.2, -0.15) is 8.75 Å². The minimum Gasteiger partial charge on any atom is -0.345 e. The van der Waals surface area contributed by atoms with Gasteiger partial charge in [0.1, 0.15) is 5.69 Å². The van der Waals surface area contributed by atoms with Crippen LogP contribution >= 0.6 is 46.5 Å². The first-order valence-electron chi connectivity index (χ1n) is 10.6. The second-order valence-corrected chi connectivity index (χ2v) is 10.4. The molecule has 2 atom stereocenters. The zero-order valence-electron chi connectivity index (χ0n) is 18.7. The molecule has 3 aromatic carbocycles. The first kappa shape index (κ1) is 26.5. The van der Waals surface area contributed by atoms with E-state index in [2.05, 4.69) is 14.1 Å². The second-order valence-electron chi connectivity index (χ2n) is 7.75. The van der Waals surface area contributed by atoms with Crippen LogP contribution in [0.3, 0.4) is 0 Å². The number of amides is 1. The van der Waals surface area contributed by atoms with Crippen molar-refractivity contribution in [3.8, 4) is 0 Å². The molecule has 1 aromatic heterocycles. The molecule has 4 aromatic rings. The highest BCUT2D eigenvalue weighted by Crippen LogP contribution is 2.35. The predicted molar refractivity (Wildman–Crippen MR) is 146 cm³/mol. The third-order valence-electron chi connectivity index (χ3n) is 5.31. The average Bonchev–Trinajstić information content (AvgIpc) is 3.28. The largest absolute Gasteiger partial charge is 0.345 e. The number of benzene rings is 3. The summed E-state index contributed by atoms with van der Waals surface area (Å²) >= 11 is 16.7. The van der Waals surface area contributed by atoms with Crippen molar-refractivity contribution >= 4 is 75.2 Å². The number of hydrogen-bond donors (Lipinski definition) is 2. The smallest absolute Gasteiger partial charge is 0.268 e. The van der Waals surface area contributed by atoms with E-state index in [0.29, 0.717) is 22.2 Å². The lowest BCUT2D eigenvalue weighted by molar-refractivity contribution is 0.0940. The fraction of sp³-hybridized carbons (Fsp3) is 0.125. The Bertz CT molecular complexity index is 1420. The number of hydrogen-bond acceptors (Lipinski definition) is 5. The lowest BCUT2D eigenvalue weighted by Crippen LogP contribution is -2.30. The van der Waals surface area contributed by atoms with Crippen molar-refractivity contribution in [3.05, 3.63) is 104 Å². The van der Waals surface area contributed by atoms with E-state index in [0.717, 1.165) is 27.2 Å². The molecule has 0 radical (unpaired) electrons. The maximum absolute atomic E-state index is 13.3. The molecule has 36 heavy (non-hydrogen) atoms. The molecule has 0 spiro atoms. The SMILES string of the molecule is CC(NC(=O)c1ccc(Cl)cc1N(c1nsnc1Cc1ccccc1)S(=O)O)c1ccc(Cl)c(Cl)c1. The van der Waals surface area contributed by atoms with Crippen LogP contribution in [-0.4, -0.2) is 23.4 Å². The van der Waals surface area contributed by atoms with Gasteiger partial charge in [0.05, 0.1) is 39.1 Å². The normalized spacial score (nSPS) is 12.7. The second kappa shape index (κ2) is 11.7. The molecule has 0 bridgehead atoms. The van der Waals surface area contributed by atoms with E-state index in [-0.39, 0.29) is 22.1 Å². The molecule has 4 rings (SSSR count). The minimum absolute atomic E-state index is 0.115. The van der Waals surface area contributed by atoms with E-state index < -0.39 is 23.2 Å². The summed E-state index contributed by atoms with van der Waals surface area (Å²) in [6.07, 6.45) is 0.386. The molecule has 2 unspecified atom stereocenters. The van der Waals surface area contributed by atoms with Crippen molar-refractivity contribution in [2.75, 3.05) is 4.31 Å². The molecule has 2 N–H and O–H groups in total. The molecule has 0 aliphatic carbocycles. The standard InChI is InChI=1S/C24H19Cl3N4O3S2/c1-14(16-7-10-19(26)20(27)12-16)28-24(32)18-9-8-17(25)13-22(18)31(36(33)34)23-21(29-35-30-23)11-15-5-3-2-4-6-15/h2-10,12-14H,11H2,1H3,(H,28,32)(H,33,34). The number of carbonyl (C=O) groups is 1. The summed E-state index contributed by atoms with van der Waals surface area (Å²) in [6, 6.07) is 18.6. The zero-order valence-corrected chi connectivity index (χ0v) is 22.6. The van der Waals surface area contributed by atoms with E-state index in [1.165, 1.54) is 18.2 Å². The van der Waals surface area contributed by atoms with E-state index in [1.807, 2.05) is 30.3 Å². The van der Waals surface area contributed by atoms with Gasteiger partial charge in [-0.15, -0.1) is 0 Å². The number of aromatic nitrogens is 2. The van der Waals surface area contributed by atoms with Gasteiger partial charge < -0.3 is 5.32 Å². The monoisotopic (exact) mass is 580 g/mol. The summed E-state index contributed by atoms with van der Waals surface area (Å²) in [5.74, 6) is -0.318. The van der Waals surface area contributed by atoms with Crippen molar-refractivity contribution in [2.45, 2.75) is 19.4 Å². The molecule has 1 heterocycles. The van der Waals surface area contributed by atoms with Gasteiger partial charge in [-0.3, -0.25) is 9.35 Å². The van der Waals surface area contributed by atoms with Crippen LogP contribution in [-0.2, 0) is 17.7 Å². The molecule has 0 saturated heterocycles. The van der Waals surface area contributed by atoms with E-state index >= 15 is 0 Å². The fourth-order valence-corrected chi connectivity index (χ4v) is 5.22. The summed E-state index contributed by atoms with van der Waals surface area (Å²) in [5.41, 5.74) is 2.43. The Labute approximate surface area is 229 Å². The molecule has 0 aliphatic heterocycles. The molecule has 1 amide bonds. The number of nitrogens with zero attached hydrogens (tertiary/aromatic N) is 3. The molecule has 0 aliphatic rings. The van der Waals surface area contributed by atoms with Crippen LogP contribution in [0.15, 0.2) is 66.7 Å². The third-order valence-corrected chi connectivity index (χ3v) is 7.53. The van der Waals surface area contributed by atoms with Gasteiger partial charge in [-0.1, -0.05) is 71.2 Å². The van der Waals surface area contributed by atoms with Gasteiger partial charge in [-0.25, -0.2) is 8.51 Å². The maximum Gasteiger partial charge on any atom is 0.268 e. The van der Waals surface area contributed by atoms with Gasteiger partial charge in [0.2, 0.25) is 0 Å². The Kier molecular flexibility index (Phi) is 8.61. The minimum atomic E-state index is -2.57. The zero-order chi connectivity index (χ0) is 25.8. The Morgan fingerprint density at radius 3 is 2.50 bits per heavy atom. The summed E-state index contributed by atoms with van der Waals surface area (Å²) in [5, 5.41) is 3.94. The van der Waals surface area contributed by atoms with Crippen molar-refractivity contribution in [2.24, 2.45) is 0 Å². The maximum atomic E-state index is 13.3. The van der Waals surface area contributed by atoms with Gasteiger partial charge in [0.25, 0.3) is 17.2 Å². The van der Waals surface area contributed by atoms with Crippen LogP contribution in [0.25, 0.3) is 0 Å². The van der Waals surface area contributed by atoms with Gasteiger partial charge in [0, 0.05) is 11.4 Å². The van der Waals surface area contributed by atoms with Crippen LogP contribution in [0.1, 0.15) is 40.1 Å². The quantitative estimate of drug-likeness (QED) is 0.222. The number of halogens is 3. The van der Waals surface area contributed by atoms with E-state index in [4.69, 9.17) is 34.8 Å². The highest BCUT2D eigenvalue weighted by molar-refractivity contribution is 7.81. The summed E-state index contributed by atoms with van der Waals surface area (Å²) in [7, 11) is 0. The van der Waals surface area contributed by atoms with Gasteiger partial charge >= 0.3 is 0 Å². The molecule has 12 heteroatoms. The van der Waals surface area contributed by atoms with Crippen LogP contribution in [0.5, 0.6) is 0 Å². The van der Waals surface area contributed by atoms with Gasteiger partial charge in [0.15, 0.2) is 5.82 Å². The molecule has 0 fully saturated rings. The Hall–Kier alpha value is -2.53. The van der Waals surface area contributed by atoms with Crippen molar-refractivity contribution in [1.29, 1.82) is 0 Å². The van der Waals surface area contributed by atoms with Gasteiger partial charge in [-0.05, 0) is 48.4 Å². The average molecular weight is 582 g/mol. The number of anilines is 2. The van der Waals surface area contributed by atoms with Crippen molar-refractivity contribution in [3.63, 3.8) is 0 Å². The number of nitrogens with one attached hydrogen (secondary N) is 1. The predicted octanol–water partition coefficient (Wildman–Crippen LogP) is 6.85.